The quantitative estimate of drug-likeness (QED) is 0.759. The summed E-state index contributed by atoms with van der Waals surface area (Å²) in [6, 6.07) is 8.03. The molecule has 4 heteroatoms. The van der Waals surface area contributed by atoms with Gasteiger partial charge >= 0.3 is 0 Å². The lowest BCUT2D eigenvalue weighted by Crippen LogP contribution is -2.05. The van der Waals surface area contributed by atoms with Crippen LogP contribution in [-0.2, 0) is 0 Å². The molecule has 2 rings (SSSR count). The first-order chi connectivity index (χ1) is 7.18. The van der Waals surface area contributed by atoms with E-state index in [1.54, 1.807) is 6.20 Å². The Morgan fingerprint density at radius 2 is 2.13 bits per heavy atom. The van der Waals surface area contributed by atoms with Crippen LogP contribution in [0.2, 0.25) is 0 Å². The lowest BCUT2D eigenvalue weighted by atomic mass is 10.1. The fraction of sp³-hybridized carbons (Fsp3) is 0.273. The molecule has 1 heterocycles. The number of benzene rings is 1. The van der Waals surface area contributed by atoms with E-state index in [1.165, 1.54) is 0 Å². The fourth-order valence-electron chi connectivity index (χ4n) is 1.53. The number of nitrogen functional groups attached to an aromatic ring is 1. The Hall–Kier alpha value is -1.84. The first-order valence-corrected chi connectivity index (χ1v) is 4.94. The molecule has 0 aliphatic heterocycles. The fourth-order valence-corrected chi connectivity index (χ4v) is 1.53. The maximum atomic E-state index is 5.74. The summed E-state index contributed by atoms with van der Waals surface area (Å²) in [4.78, 5) is 0. The van der Waals surface area contributed by atoms with E-state index in [0.717, 1.165) is 16.9 Å². The highest BCUT2D eigenvalue weighted by molar-refractivity contribution is 5.63. The molecule has 2 aromatic rings. The van der Waals surface area contributed by atoms with E-state index >= 15 is 0 Å². The molecule has 4 nitrogen and oxygen atoms in total. The van der Waals surface area contributed by atoms with Crippen LogP contribution in [0.25, 0.3) is 11.3 Å². The Labute approximate surface area is 88.7 Å². The number of nitrogens with two attached hydrogens (primary N) is 1. The van der Waals surface area contributed by atoms with Crippen molar-refractivity contribution in [2.24, 2.45) is 0 Å². The molecule has 0 aliphatic rings. The molecule has 0 spiro atoms. The minimum Gasteiger partial charge on any atom is -0.399 e. The molecule has 0 saturated carbocycles. The molecular formula is C11H14N4. The highest BCUT2D eigenvalue weighted by Gasteiger charge is 2.08. The monoisotopic (exact) mass is 202 g/mol. The van der Waals surface area contributed by atoms with Crippen molar-refractivity contribution in [3.63, 3.8) is 0 Å². The Morgan fingerprint density at radius 1 is 1.33 bits per heavy atom. The molecule has 0 bridgehead atoms. The summed E-state index contributed by atoms with van der Waals surface area (Å²) < 4.78 is 1.88. The summed E-state index contributed by atoms with van der Waals surface area (Å²) in [6.45, 7) is 4.15. The first-order valence-electron chi connectivity index (χ1n) is 4.94. The van der Waals surface area contributed by atoms with Gasteiger partial charge in [-0.05, 0) is 26.0 Å². The lowest BCUT2D eigenvalue weighted by Gasteiger charge is -2.09. The van der Waals surface area contributed by atoms with Gasteiger partial charge in [0.2, 0.25) is 0 Å². The van der Waals surface area contributed by atoms with Gasteiger partial charge in [-0.3, -0.25) is 0 Å². The molecule has 0 amide bonds. The molecule has 15 heavy (non-hydrogen) atoms. The van der Waals surface area contributed by atoms with Gasteiger partial charge < -0.3 is 5.73 Å². The molecule has 0 fully saturated rings. The Kier molecular flexibility index (Phi) is 2.41. The average molecular weight is 202 g/mol. The van der Waals surface area contributed by atoms with Crippen LogP contribution in [0.3, 0.4) is 0 Å². The zero-order valence-corrected chi connectivity index (χ0v) is 8.88. The zero-order chi connectivity index (χ0) is 10.8. The second-order valence-corrected chi connectivity index (χ2v) is 3.78. The molecular weight excluding hydrogens is 188 g/mol. The molecule has 2 N–H and O–H groups in total. The van der Waals surface area contributed by atoms with E-state index in [0.29, 0.717) is 6.04 Å². The van der Waals surface area contributed by atoms with Crippen molar-refractivity contribution >= 4 is 5.69 Å². The number of hydrogen-bond donors (Lipinski definition) is 1. The van der Waals surface area contributed by atoms with Crippen LogP contribution in [0, 0.1) is 0 Å². The molecule has 0 atom stereocenters. The smallest absolute Gasteiger partial charge is 0.0889 e. The maximum absolute atomic E-state index is 5.74. The second kappa shape index (κ2) is 3.73. The third kappa shape index (κ3) is 1.83. The number of nitrogens with zero attached hydrogens (tertiary/aromatic N) is 3. The molecule has 0 aliphatic carbocycles. The third-order valence-electron chi connectivity index (χ3n) is 2.25. The van der Waals surface area contributed by atoms with Crippen molar-refractivity contribution in [2.45, 2.75) is 19.9 Å². The molecule has 1 aromatic carbocycles. The SMILES string of the molecule is CC(C)n1nncc1-c1cccc(N)c1. The van der Waals surface area contributed by atoms with Crippen molar-refractivity contribution in [1.82, 2.24) is 15.0 Å². The van der Waals surface area contributed by atoms with Crippen molar-refractivity contribution in [3.05, 3.63) is 30.5 Å². The van der Waals surface area contributed by atoms with E-state index in [-0.39, 0.29) is 0 Å². The summed E-state index contributed by atoms with van der Waals surface area (Å²) >= 11 is 0. The van der Waals surface area contributed by atoms with Gasteiger partial charge in [-0.25, -0.2) is 4.68 Å². The van der Waals surface area contributed by atoms with Crippen LogP contribution in [-0.4, -0.2) is 15.0 Å². The van der Waals surface area contributed by atoms with Crippen LogP contribution in [0.4, 0.5) is 5.69 Å². The topological polar surface area (TPSA) is 56.7 Å². The van der Waals surface area contributed by atoms with Gasteiger partial charge in [-0.15, -0.1) is 5.10 Å². The molecule has 0 saturated heterocycles. The van der Waals surface area contributed by atoms with E-state index in [1.807, 2.05) is 28.9 Å². The molecule has 78 valence electrons. The van der Waals surface area contributed by atoms with E-state index in [9.17, 15) is 0 Å². The van der Waals surface area contributed by atoms with Crippen LogP contribution in [0.1, 0.15) is 19.9 Å². The van der Waals surface area contributed by atoms with Crippen LogP contribution < -0.4 is 5.73 Å². The minimum atomic E-state index is 0.295. The van der Waals surface area contributed by atoms with Gasteiger partial charge in [0.15, 0.2) is 0 Å². The largest absolute Gasteiger partial charge is 0.399 e. The van der Waals surface area contributed by atoms with Gasteiger partial charge in [-0.1, -0.05) is 17.3 Å². The van der Waals surface area contributed by atoms with E-state index in [2.05, 4.69) is 24.2 Å². The summed E-state index contributed by atoms with van der Waals surface area (Å²) in [7, 11) is 0. The first kappa shape index (κ1) is 9.71. The van der Waals surface area contributed by atoms with E-state index < -0.39 is 0 Å². The van der Waals surface area contributed by atoms with Crippen molar-refractivity contribution in [2.75, 3.05) is 5.73 Å². The molecule has 0 unspecified atom stereocenters. The van der Waals surface area contributed by atoms with Crippen LogP contribution >= 0.6 is 0 Å². The van der Waals surface area contributed by atoms with Crippen molar-refractivity contribution in [3.8, 4) is 11.3 Å². The standard InChI is InChI=1S/C11H14N4/c1-8(2)15-11(7-13-14-15)9-4-3-5-10(12)6-9/h3-8H,12H2,1-2H3. The van der Waals surface area contributed by atoms with Crippen molar-refractivity contribution in [1.29, 1.82) is 0 Å². The van der Waals surface area contributed by atoms with Gasteiger partial charge in [0, 0.05) is 17.3 Å². The Bertz CT molecular complexity index is 459. The number of rotatable bonds is 2. The Morgan fingerprint density at radius 3 is 2.80 bits per heavy atom. The third-order valence-corrected chi connectivity index (χ3v) is 2.25. The molecule has 0 radical (unpaired) electrons. The van der Waals surface area contributed by atoms with Crippen LogP contribution in [0.5, 0.6) is 0 Å². The van der Waals surface area contributed by atoms with E-state index in [4.69, 9.17) is 5.73 Å². The Balaban J connectivity index is 2.49. The number of anilines is 1. The highest BCUT2D eigenvalue weighted by Crippen LogP contribution is 2.22. The summed E-state index contributed by atoms with van der Waals surface area (Å²) in [6.07, 6.45) is 1.76. The summed E-state index contributed by atoms with van der Waals surface area (Å²) in [5.41, 5.74) is 8.54. The van der Waals surface area contributed by atoms with Gasteiger partial charge in [0.05, 0.1) is 11.9 Å². The number of hydrogen-bond acceptors (Lipinski definition) is 3. The van der Waals surface area contributed by atoms with Gasteiger partial charge in [-0.2, -0.15) is 0 Å². The molecule has 1 aromatic heterocycles. The average Bonchev–Trinajstić information content (AvgIpc) is 2.65. The zero-order valence-electron chi connectivity index (χ0n) is 8.88. The predicted molar refractivity (Wildman–Crippen MR) is 60.3 cm³/mol. The summed E-state index contributed by atoms with van der Waals surface area (Å²) in [5, 5.41) is 7.97. The predicted octanol–water partition coefficient (Wildman–Crippen LogP) is 2.11. The minimum absolute atomic E-state index is 0.295. The normalized spacial score (nSPS) is 10.9. The highest BCUT2D eigenvalue weighted by atomic mass is 15.4. The maximum Gasteiger partial charge on any atom is 0.0889 e. The van der Waals surface area contributed by atoms with Crippen LogP contribution in [0.15, 0.2) is 30.5 Å². The second-order valence-electron chi connectivity index (χ2n) is 3.78. The van der Waals surface area contributed by atoms with Crippen molar-refractivity contribution < 1.29 is 0 Å². The van der Waals surface area contributed by atoms with Gasteiger partial charge in [0.25, 0.3) is 0 Å². The van der Waals surface area contributed by atoms with Gasteiger partial charge in [0.1, 0.15) is 0 Å². The number of aromatic nitrogens is 3. The lowest BCUT2D eigenvalue weighted by molar-refractivity contribution is 0.519. The summed E-state index contributed by atoms with van der Waals surface area (Å²) in [5.74, 6) is 0.